The second-order valence-electron chi connectivity index (χ2n) is 4.98. The lowest BCUT2D eigenvalue weighted by atomic mass is 10.1. The maximum absolute atomic E-state index is 12.3. The number of carbonyl (C=O) groups is 2. The molecule has 5 nitrogen and oxygen atoms in total. The lowest BCUT2D eigenvalue weighted by Crippen LogP contribution is -2.50. The van der Waals surface area contributed by atoms with Crippen LogP contribution in [0.2, 0.25) is 0 Å². The van der Waals surface area contributed by atoms with Crippen molar-refractivity contribution >= 4 is 23.4 Å². The van der Waals surface area contributed by atoms with Gasteiger partial charge in [-0.3, -0.25) is 9.59 Å². The number of amides is 2. The highest BCUT2D eigenvalue weighted by Gasteiger charge is 2.25. The number of alkyl halides is 1. The van der Waals surface area contributed by atoms with E-state index in [1.165, 1.54) is 6.07 Å². The van der Waals surface area contributed by atoms with E-state index < -0.39 is 0 Å². The molecule has 1 aliphatic rings. The number of halogens is 1. The fraction of sp³-hybridized carbons (Fsp3) is 0.467. The van der Waals surface area contributed by atoms with E-state index in [0.29, 0.717) is 50.5 Å². The van der Waals surface area contributed by atoms with Gasteiger partial charge in [0.25, 0.3) is 5.91 Å². The molecule has 0 atom stereocenters. The third kappa shape index (κ3) is 3.88. The van der Waals surface area contributed by atoms with Crippen LogP contribution in [0, 0.1) is 0 Å². The summed E-state index contributed by atoms with van der Waals surface area (Å²) >= 11 is 5.58. The van der Waals surface area contributed by atoms with Crippen LogP contribution >= 0.6 is 11.6 Å². The molecule has 0 aliphatic carbocycles. The molecule has 2 rings (SSSR count). The van der Waals surface area contributed by atoms with E-state index in [9.17, 15) is 14.7 Å². The Balaban J connectivity index is 1.91. The summed E-state index contributed by atoms with van der Waals surface area (Å²) in [5.41, 5.74) is 0.305. The molecule has 1 saturated heterocycles. The van der Waals surface area contributed by atoms with Crippen LogP contribution in [-0.2, 0) is 4.79 Å². The zero-order valence-electron chi connectivity index (χ0n) is 11.8. The molecule has 1 aliphatic heterocycles. The van der Waals surface area contributed by atoms with Crippen LogP contribution in [0.25, 0.3) is 0 Å². The molecule has 0 unspecified atom stereocenters. The second-order valence-corrected chi connectivity index (χ2v) is 5.36. The van der Waals surface area contributed by atoms with Gasteiger partial charge in [-0.25, -0.2) is 0 Å². The first-order chi connectivity index (χ1) is 10.1. The molecular formula is C15H19ClN2O3. The maximum atomic E-state index is 12.3. The van der Waals surface area contributed by atoms with E-state index in [1.807, 2.05) is 0 Å². The monoisotopic (exact) mass is 310 g/mol. The highest BCUT2D eigenvalue weighted by Crippen LogP contribution is 2.18. The minimum Gasteiger partial charge on any atom is -0.507 e. The van der Waals surface area contributed by atoms with Crippen molar-refractivity contribution in [2.24, 2.45) is 0 Å². The molecule has 2 amide bonds. The average Bonchev–Trinajstić information content (AvgIpc) is 2.52. The van der Waals surface area contributed by atoms with E-state index >= 15 is 0 Å². The van der Waals surface area contributed by atoms with E-state index in [4.69, 9.17) is 11.6 Å². The zero-order chi connectivity index (χ0) is 15.2. The molecule has 0 aromatic heterocycles. The summed E-state index contributed by atoms with van der Waals surface area (Å²) in [5, 5.41) is 9.72. The number of phenols is 1. The molecule has 1 N–H and O–H groups in total. The summed E-state index contributed by atoms with van der Waals surface area (Å²) in [6.07, 6.45) is 1.13. The molecule has 114 valence electrons. The first-order valence-electron chi connectivity index (χ1n) is 7.04. The standard InChI is InChI=1S/C15H19ClN2O3/c16-7-3-6-14(20)17-8-10-18(11-9-17)15(21)12-4-1-2-5-13(12)19/h1-2,4-5,19H,3,6-11H2. The SMILES string of the molecule is O=C(CCCCl)N1CCN(C(=O)c2ccccc2O)CC1. The number of phenolic OH excluding ortho intramolecular Hbond substituents is 1. The van der Waals surface area contributed by atoms with Crippen LogP contribution in [0.4, 0.5) is 0 Å². The Bertz CT molecular complexity index is 513. The lowest BCUT2D eigenvalue weighted by molar-refractivity contribution is -0.132. The fourth-order valence-corrected chi connectivity index (χ4v) is 2.49. The topological polar surface area (TPSA) is 60.9 Å². The Labute approximate surface area is 129 Å². The normalized spacial score (nSPS) is 15.1. The summed E-state index contributed by atoms with van der Waals surface area (Å²) < 4.78 is 0. The number of nitrogens with zero attached hydrogens (tertiary/aromatic N) is 2. The van der Waals surface area contributed by atoms with Gasteiger partial charge in [-0.05, 0) is 18.6 Å². The smallest absolute Gasteiger partial charge is 0.257 e. The minimum absolute atomic E-state index is 0.0110. The maximum Gasteiger partial charge on any atom is 0.257 e. The predicted molar refractivity (Wildman–Crippen MR) is 80.5 cm³/mol. The van der Waals surface area contributed by atoms with Gasteiger partial charge in [-0.2, -0.15) is 0 Å². The molecule has 21 heavy (non-hydrogen) atoms. The van der Waals surface area contributed by atoms with E-state index in [0.717, 1.165) is 0 Å². The van der Waals surface area contributed by atoms with E-state index in [-0.39, 0.29) is 17.6 Å². The molecule has 0 radical (unpaired) electrons. The molecule has 0 saturated carbocycles. The molecule has 1 aromatic rings. The van der Waals surface area contributed by atoms with Gasteiger partial charge in [0, 0.05) is 38.5 Å². The van der Waals surface area contributed by atoms with Crippen molar-refractivity contribution in [1.29, 1.82) is 0 Å². The molecule has 0 bridgehead atoms. The summed E-state index contributed by atoms with van der Waals surface area (Å²) in [5.74, 6) is 0.367. The number of hydrogen-bond donors (Lipinski definition) is 1. The lowest BCUT2D eigenvalue weighted by Gasteiger charge is -2.35. The van der Waals surface area contributed by atoms with Crippen molar-refractivity contribution in [3.63, 3.8) is 0 Å². The van der Waals surface area contributed by atoms with Crippen LogP contribution < -0.4 is 0 Å². The van der Waals surface area contributed by atoms with Gasteiger partial charge >= 0.3 is 0 Å². The van der Waals surface area contributed by atoms with Gasteiger partial charge in [-0.1, -0.05) is 12.1 Å². The number of rotatable bonds is 4. The van der Waals surface area contributed by atoms with Gasteiger partial charge in [0.15, 0.2) is 0 Å². The van der Waals surface area contributed by atoms with Crippen LogP contribution in [0.5, 0.6) is 5.75 Å². The van der Waals surface area contributed by atoms with Gasteiger partial charge in [-0.15, -0.1) is 11.6 Å². The molecule has 1 fully saturated rings. The van der Waals surface area contributed by atoms with E-state index in [1.54, 1.807) is 28.0 Å². The molecule has 1 heterocycles. The third-order valence-corrected chi connectivity index (χ3v) is 3.85. The fourth-order valence-electron chi connectivity index (χ4n) is 2.36. The van der Waals surface area contributed by atoms with Crippen molar-refractivity contribution in [3.8, 4) is 5.75 Å². The highest BCUT2D eigenvalue weighted by atomic mass is 35.5. The van der Waals surface area contributed by atoms with Crippen molar-refractivity contribution in [2.75, 3.05) is 32.1 Å². The van der Waals surface area contributed by atoms with Gasteiger partial charge in [0.1, 0.15) is 5.75 Å². The van der Waals surface area contributed by atoms with E-state index in [2.05, 4.69) is 0 Å². The van der Waals surface area contributed by atoms with Gasteiger partial charge in [0.2, 0.25) is 5.91 Å². The predicted octanol–water partition coefficient (Wildman–Crippen LogP) is 1.70. The van der Waals surface area contributed by atoms with Crippen LogP contribution in [-0.4, -0.2) is 58.8 Å². The minimum atomic E-state index is -0.194. The third-order valence-electron chi connectivity index (χ3n) is 3.58. The Morgan fingerprint density at radius 3 is 2.33 bits per heavy atom. The Hall–Kier alpha value is -1.75. The largest absolute Gasteiger partial charge is 0.507 e. The summed E-state index contributed by atoms with van der Waals surface area (Å²) in [7, 11) is 0. The van der Waals surface area contributed by atoms with Crippen molar-refractivity contribution in [3.05, 3.63) is 29.8 Å². The quantitative estimate of drug-likeness (QED) is 0.861. The van der Waals surface area contributed by atoms with Crippen LogP contribution in [0.3, 0.4) is 0 Å². The first-order valence-corrected chi connectivity index (χ1v) is 7.58. The number of benzene rings is 1. The number of para-hydroxylation sites is 1. The van der Waals surface area contributed by atoms with Crippen LogP contribution in [0.1, 0.15) is 23.2 Å². The Morgan fingerprint density at radius 2 is 1.71 bits per heavy atom. The highest BCUT2D eigenvalue weighted by molar-refractivity contribution is 6.17. The van der Waals surface area contributed by atoms with Crippen molar-refractivity contribution in [1.82, 2.24) is 9.80 Å². The number of aromatic hydroxyl groups is 1. The molecule has 1 aromatic carbocycles. The average molecular weight is 311 g/mol. The zero-order valence-corrected chi connectivity index (χ0v) is 12.6. The Morgan fingerprint density at radius 1 is 1.10 bits per heavy atom. The molecule has 6 heteroatoms. The summed E-state index contributed by atoms with van der Waals surface area (Å²) in [6.45, 7) is 2.03. The molecular weight excluding hydrogens is 292 g/mol. The van der Waals surface area contributed by atoms with Crippen LogP contribution in [0.15, 0.2) is 24.3 Å². The summed E-state index contributed by atoms with van der Waals surface area (Å²) in [4.78, 5) is 27.6. The molecule has 0 spiro atoms. The number of hydrogen-bond acceptors (Lipinski definition) is 3. The van der Waals surface area contributed by atoms with Gasteiger partial charge in [0.05, 0.1) is 5.56 Å². The van der Waals surface area contributed by atoms with Gasteiger partial charge < -0.3 is 14.9 Å². The van der Waals surface area contributed by atoms with Crippen molar-refractivity contribution < 1.29 is 14.7 Å². The van der Waals surface area contributed by atoms with Crippen molar-refractivity contribution in [2.45, 2.75) is 12.8 Å². The summed E-state index contributed by atoms with van der Waals surface area (Å²) in [6, 6.07) is 6.51. The number of carbonyl (C=O) groups excluding carboxylic acids is 2. The second kappa shape index (κ2) is 7.31. The first kappa shape index (κ1) is 15.6. The Kier molecular flexibility index (Phi) is 5.44. The number of piperazine rings is 1.